The molecule has 0 aliphatic carbocycles. The Labute approximate surface area is 64.4 Å². The summed E-state index contributed by atoms with van der Waals surface area (Å²) in [6.45, 7) is 1.24. The lowest BCUT2D eigenvalue weighted by Crippen LogP contribution is -2.46. The van der Waals surface area contributed by atoms with E-state index >= 15 is 0 Å². The van der Waals surface area contributed by atoms with Crippen molar-refractivity contribution < 1.29 is 0 Å². The van der Waals surface area contributed by atoms with Crippen LogP contribution < -0.4 is 5.32 Å². The largest absolute Gasteiger partial charge is 0.317 e. The summed E-state index contributed by atoms with van der Waals surface area (Å²) in [6.07, 6.45) is 2.60. The monoisotopic (exact) mass is 140 g/mol. The molecule has 10 heavy (non-hydrogen) atoms. The first kappa shape index (κ1) is 8.09. The molecule has 1 aliphatic rings. The molecule has 0 aromatic carbocycles. The van der Waals surface area contributed by atoms with Crippen molar-refractivity contribution in [2.45, 2.75) is 24.8 Å². The van der Waals surface area contributed by atoms with Gasteiger partial charge in [0.15, 0.2) is 0 Å². The van der Waals surface area contributed by atoms with Gasteiger partial charge in [0, 0.05) is 6.04 Å². The fraction of sp³-hybridized carbons (Fsp3) is 1.00. The van der Waals surface area contributed by atoms with E-state index in [0.717, 1.165) is 12.0 Å². The molecule has 1 heterocycles. The van der Waals surface area contributed by atoms with Gasteiger partial charge in [-0.15, -0.1) is 0 Å². The zero-order valence-electron chi connectivity index (χ0n) is 7.22. The van der Waals surface area contributed by atoms with Gasteiger partial charge in [-0.25, -0.2) is 0 Å². The summed E-state index contributed by atoms with van der Waals surface area (Å²) in [6, 6.07) is 0.756. The molecule has 2 atom stereocenters. The van der Waals surface area contributed by atoms with Gasteiger partial charge < -0.3 is 10.2 Å². The molecule has 1 fully saturated rings. The van der Waals surface area contributed by atoms with E-state index in [4.69, 9.17) is 0 Å². The first-order valence-corrected chi connectivity index (χ1v) is 4.11. The molecule has 1 N–H and O–H groups in total. The third kappa shape index (κ3) is 1.73. The predicted molar refractivity (Wildman–Crippen MR) is 47.0 cm³/mol. The van der Waals surface area contributed by atoms with Crippen LogP contribution in [0, 0.1) is 0 Å². The van der Waals surface area contributed by atoms with Gasteiger partial charge in [0.2, 0.25) is 0 Å². The summed E-state index contributed by atoms with van der Waals surface area (Å²) in [5, 5.41) is 3.33. The number of hydrogen-bond donors (Lipinski definition) is 1. The Kier molecular flexibility index (Phi) is 2.75. The highest BCUT2D eigenvalue weighted by molar-refractivity contribution is 6.11. The minimum absolute atomic E-state index is 0.756. The molecule has 0 amide bonds. The highest BCUT2D eigenvalue weighted by Gasteiger charge is 2.20. The van der Waals surface area contributed by atoms with Crippen LogP contribution in [0.25, 0.3) is 0 Å². The van der Waals surface area contributed by atoms with Crippen LogP contribution in [-0.4, -0.2) is 45.4 Å². The molecule has 0 saturated carbocycles. The lowest BCUT2D eigenvalue weighted by molar-refractivity contribution is 0.213. The van der Waals surface area contributed by atoms with Crippen LogP contribution in [0.4, 0.5) is 0 Å². The molecule has 0 radical (unpaired) electrons. The van der Waals surface area contributed by atoms with E-state index in [2.05, 4.69) is 32.2 Å². The molecule has 1 saturated heterocycles. The summed E-state index contributed by atoms with van der Waals surface area (Å²) in [5.74, 6) is 0.756. The zero-order chi connectivity index (χ0) is 7.56. The standard InChI is InChI=1S/C7H17BN2/c1-9-6-3-4-10(2)7(8)5-6/h6-7,9H,3-5,8H2,1-2H3/t6-,7-/m0/s1. The van der Waals surface area contributed by atoms with Gasteiger partial charge in [-0.1, -0.05) is 0 Å². The summed E-state index contributed by atoms with van der Waals surface area (Å²) >= 11 is 0. The van der Waals surface area contributed by atoms with Crippen LogP contribution in [0.15, 0.2) is 0 Å². The Balaban J connectivity index is 2.33. The third-order valence-electron chi connectivity index (χ3n) is 2.62. The SMILES string of the molecule is B[C@@H]1C[C@@H](NC)CCN1C. The number of nitrogens with zero attached hydrogens (tertiary/aromatic N) is 1. The van der Waals surface area contributed by atoms with Crippen molar-refractivity contribution in [3.8, 4) is 0 Å². The Morgan fingerprint density at radius 3 is 2.80 bits per heavy atom. The Morgan fingerprint density at radius 2 is 2.30 bits per heavy atom. The van der Waals surface area contributed by atoms with Gasteiger partial charge >= 0.3 is 0 Å². The van der Waals surface area contributed by atoms with Gasteiger partial charge in [-0.2, -0.15) is 0 Å². The molecule has 1 aliphatic heterocycles. The molecule has 0 bridgehead atoms. The minimum atomic E-state index is 0.756. The van der Waals surface area contributed by atoms with Gasteiger partial charge in [0.05, 0.1) is 0 Å². The van der Waals surface area contributed by atoms with E-state index in [-0.39, 0.29) is 0 Å². The minimum Gasteiger partial charge on any atom is -0.317 e. The van der Waals surface area contributed by atoms with Crippen molar-refractivity contribution in [3.63, 3.8) is 0 Å². The van der Waals surface area contributed by atoms with Crippen LogP contribution in [0.1, 0.15) is 12.8 Å². The molecular weight excluding hydrogens is 123 g/mol. The molecule has 58 valence electrons. The predicted octanol–water partition coefficient (Wildman–Crippen LogP) is -0.741. The second-order valence-corrected chi connectivity index (χ2v) is 3.34. The summed E-state index contributed by atoms with van der Waals surface area (Å²) in [5.41, 5.74) is 0. The molecule has 1 rings (SSSR count). The Bertz CT molecular complexity index is 108. The fourth-order valence-corrected chi connectivity index (χ4v) is 1.55. The molecule has 0 spiro atoms. The van der Waals surface area contributed by atoms with Crippen molar-refractivity contribution in [2.24, 2.45) is 0 Å². The Morgan fingerprint density at radius 1 is 1.60 bits per heavy atom. The maximum atomic E-state index is 3.33. The van der Waals surface area contributed by atoms with Crippen LogP contribution in [0.5, 0.6) is 0 Å². The average Bonchev–Trinajstić information content (AvgIpc) is 1.95. The van der Waals surface area contributed by atoms with E-state index in [1.165, 1.54) is 19.4 Å². The van der Waals surface area contributed by atoms with Crippen molar-refractivity contribution in [1.82, 2.24) is 10.2 Å². The second-order valence-electron chi connectivity index (χ2n) is 3.34. The molecular formula is C7H17BN2. The first-order valence-electron chi connectivity index (χ1n) is 4.11. The topological polar surface area (TPSA) is 15.3 Å². The number of likely N-dealkylation sites (tertiary alicyclic amines) is 1. The van der Waals surface area contributed by atoms with E-state index < -0.39 is 0 Å². The fourth-order valence-electron chi connectivity index (χ4n) is 1.55. The number of nitrogens with one attached hydrogen (secondary N) is 1. The van der Waals surface area contributed by atoms with Crippen molar-refractivity contribution in [2.75, 3.05) is 20.6 Å². The lowest BCUT2D eigenvalue weighted by Gasteiger charge is -2.34. The average molecular weight is 140 g/mol. The third-order valence-corrected chi connectivity index (χ3v) is 2.62. The van der Waals surface area contributed by atoms with E-state index in [1.54, 1.807) is 0 Å². The van der Waals surface area contributed by atoms with E-state index in [0.29, 0.717) is 0 Å². The van der Waals surface area contributed by atoms with Crippen LogP contribution in [0.3, 0.4) is 0 Å². The maximum absolute atomic E-state index is 3.33. The van der Waals surface area contributed by atoms with Gasteiger partial charge in [0.25, 0.3) is 0 Å². The van der Waals surface area contributed by atoms with Crippen molar-refractivity contribution in [3.05, 3.63) is 0 Å². The van der Waals surface area contributed by atoms with Crippen LogP contribution in [-0.2, 0) is 0 Å². The summed E-state index contributed by atoms with van der Waals surface area (Å²) < 4.78 is 0. The Hall–Kier alpha value is -0.0151. The molecule has 0 aromatic heterocycles. The molecule has 2 nitrogen and oxygen atoms in total. The normalized spacial score (nSPS) is 36.2. The number of rotatable bonds is 1. The first-order chi connectivity index (χ1) is 4.74. The second kappa shape index (κ2) is 3.40. The highest BCUT2D eigenvalue weighted by Crippen LogP contribution is 2.12. The summed E-state index contributed by atoms with van der Waals surface area (Å²) in [7, 11) is 6.56. The molecule has 0 unspecified atom stereocenters. The van der Waals surface area contributed by atoms with Crippen LogP contribution >= 0.6 is 0 Å². The van der Waals surface area contributed by atoms with Gasteiger partial charge in [-0.05, 0) is 39.4 Å². The summed E-state index contributed by atoms with van der Waals surface area (Å²) in [4.78, 5) is 2.42. The quantitative estimate of drug-likeness (QED) is 0.482. The molecule has 3 heteroatoms. The van der Waals surface area contributed by atoms with Gasteiger partial charge in [0.1, 0.15) is 7.85 Å². The van der Waals surface area contributed by atoms with E-state index in [1.807, 2.05) is 0 Å². The maximum Gasteiger partial charge on any atom is 0.123 e. The van der Waals surface area contributed by atoms with E-state index in [9.17, 15) is 0 Å². The number of piperidine rings is 1. The lowest BCUT2D eigenvalue weighted by atomic mass is 9.84. The van der Waals surface area contributed by atoms with Gasteiger partial charge in [-0.3, -0.25) is 0 Å². The molecule has 0 aromatic rings. The van der Waals surface area contributed by atoms with Crippen LogP contribution in [0.2, 0.25) is 0 Å². The highest BCUT2D eigenvalue weighted by atomic mass is 15.1. The zero-order valence-corrected chi connectivity index (χ0v) is 7.22. The van der Waals surface area contributed by atoms with Crippen molar-refractivity contribution >= 4 is 7.85 Å². The number of hydrogen-bond acceptors (Lipinski definition) is 2. The smallest absolute Gasteiger partial charge is 0.123 e. The van der Waals surface area contributed by atoms with Crippen molar-refractivity contribution in [1.29, 1.82) is 0 Å².